The van der Waals surface area contributed by atoms with E-state index in [1.807, 2.05) is 0 Å². The number of hydrogen-bond donors (Lipinski definition) is 0. The molecule has 2 aliphatic heterocycles. The highest BCUT2D eigenvalue weighted by molar-refractivity contribution is 5.14. The number of rotatable bonds is 5. The van der Waals surface area contributed by atoms with Crippen LogP contribution in [0, 0.1) is 17.8 Å². The summed E-state index contributed by atoms with van der Waals surface area (Å²) in [6.45, 7) is 4.30. The average Bonchev–Trinajstić information content (AvgIpc) is 2.91. The Kier molecular flexibility index (Phi) is 4.82. The van der Waals surface area contributed by atoms with Crippen molar-refractivity contribution < 1.29 is 4.74 Å². The second-order valence-electron chi connectivity index (χ2n) is 7.51. The van der Waals surface area contributed by atoms with Crippen molar-refractivity contribution >= 4 is 0 Å². The first-order chi connectivity index (χ1) is 11.4. The Bertz CT molecular complexity index is 526. The van der Waals surface area contributed by atoms with Gasteiger partial charge in [-0.1, -0.05) is 48.9 Å². The average molecular weight is 311 g/mol. The van der Waals surface area contributed by atoms with Crippen molar-refractivity contribution in [3.05, 3.63) is 48.0 Å². The Hall–Kier alpha value is -1.12. The van der Waals surface area contributed by atoms with E-state index in [1.54, 1.807) is 0 Å². The Labute approximate surface area is 140 Å². The second kappa shape index (κ2) is 7.19. The summed E-state index contributed by atoms with van der Waals surface area (Å²) in [5.74, 6) is 2.44. The highest BCUT2D eigenvalue weighted by Crippen LogP contribution is 2.43. The summed E-state index contributed by atoms with van der Waals surface area (Å²) in [4.78, 5) is 2.80. The molecule has 3 aliphatic rings. The van der Waals surface area contributed by atoms with Crippen LogP contribution in [0.3, 0.4) is 0 Å². The van der Waals surface area contributed by atoms with Gasteiger partial charge in [0.1, 0.15) is 0 Å². The lowest BCUT2D eigenvalue weighted by Gasteiger charge is -2.38. The third kappa shape index (κ3) is 3.39. The number of benzene rings is 1. The van der Waals surface area contributed by atoms with Gasteiger partial charge >= 0.3 is 0 Å². The van der Waals surface area contributed by atoms with Gasteiger partial charge in [0.25, 0.3) is 0 Å². The van der Waals surface area contributed by atoms with E-state index in [9.17, 15) is 0 Å². The van der Waals surface area contributed by atoms with Crippen LogP contribution in [0.5, 0.6) is 0 Å². The summed E-state index contributed by atoms with van der Waals surface area (Å²) in [6, 6.07) is 11.4. The molecule has 0 saturated carbocycles. The molecular weight excluding hydrogens is 282 g/mol. The molecule has 0 amide bonds. The maximum absolute atomic E-state index is 5.94. The Morgan fingerprint density at radius 1 is 1.00 bits per heavy atom. The molecule has 0 N–H and O–H groups in total. The summed E-state index contributed by atoms with van der Waals surface area (Å²) < 4.78 is 5.94. The minimum Gasteiger partial charge on any atom is -0.377 e. The van der Waals surface area contributed by atoms with Gasteiger partial charge in [-0.2, -0.15) is 0 Å². The first-order valence-electron chi connectivity index (χ1n) is 9.46. The van der Waals surface area contributed by atoms with Gasteiger partial charge in [-0.3, -0.25) is 4.90 Å². The summed E-state index contributed by atoms with van der Waals surface area (Å²) in [5, 5.41) is 0. The summed E-state index contributed by atoms with van der Waals surface area (Å²) in [5.41, 5.74) is 1.28. The Balaban J connectivity index is 1.31. The molecule has 0 radical (unpaired) electrons. The molecule has 124 valence electrons. The molecule has 1 unspecified atom stereocenters. The number of allylic oxidation sites excluding steroid dienone is 1. The summed E-state index contributed by atoms with van der Waals surface area (Å²) >= 11 is 0. The largest absolute Gasteiger partial charge is 0.377 e. The second-order valence-corrected chi connectivity index (χ2v) is 7.51. The van der Waals surface area contributed by atoms with Gasteiger partial charge in [-0.15, -0.1) is 0 Å². The Morgan fingerprint density at radius 2 is 1.91 bits per heavy atom. The van der Waals surface area contributed by atoms with Crippen LogP contribution in [0.1, 0.15) is 37.7 Å². The van der Waals surface area contributed by atoms with Gasteiger partial charge in [0.15, 0.2) is 0 Å². The first-order valence-corrected chi connectivity index (χ1v) is 9.46. The van der Waals surface area contributed by atoms with Gasteiger partial charge in [-0.25, -0.2) is 0 Å². The fraction of sp³-hybridized carbons (Fsp3) is 0.619. The quantitative estimate of drug-likeness (QED) is 0.595. The van der Waals surface area contributed by atoms with Gasteiger partial charge in [0, 0.05) is 12.6 Å². The van der Waals surface area contributed by atoms with Crippen molar-refractivity contribution in [3.8, 4) is 0 Å². The van der Waals surface area contributed by atoms with E-state index in [0.29, 0.717) is 0 Å². The van der Waals surface area contributed by atoms with Crippen molar-refractivity contribution in [2.45, 2.75) is 44.8 Å². The van der Waals surface area contributed by atoms with Crippen LogP contribution in [0.2, 0.25) is 0 Å². The van der Waals surface area contributed by atoms with Crippen LogP contribution in [-0.2, 0) is 11.3 Å². The normalized spacial score (nSPS) is 33.4. The SMILES string of the molecule is C1=C[C@H]2CCCCN3CC[C@@H](C23)[C@H]1CCOCc1ccccc1. The third-order valence-electron chi connectivity index (χ3n) is 6.14. The number of nitrogens with zero attached hydrogens (tertiary/aromatic N) is 1. The Morgan fingerprint density at radius 3 is 2.83 bits per heavy atom. The lowest BCUT2D eigenvalue weighted by Crippen LogP contribution is -2.41. The zero-order chi connectivity index (χ0) is 15.5. The first kappa shape index (κ1) is 15.4. The topological polar surface area (TPSA) is 12.5 Å². The van der Waals surface area contributed by atoms with Crippen LogP contribution in [0.15, 0.2) is 42.5 Å². The van der Waals surface area contributed by atoms with E-state index in [1.165, 1.54) is 50.8 Å². The lowest BCUT2D eigenvalue weighted by atomic mass is 9.73. The zero-order valence-corrected chi connectivity index (χ0v) is 14.1. The maximum atomic E-state index is 5.94. The molecule has 0 bridgehead atoms. The van der Waals surface area contributed by atoms with Crippen molar-refractivity contribution in [1.82, 2.24) is 4.90 Å². The van der Waals surface area contributed by atoms with Crippen molar-refractivity contribution in [1.29, 1.82) is 0 Å². The predicted octanol–water partition coefficient (Wildman–Crippen LogP) is 4.27. The van der Waals surface area contributed by atoms with Crippen molar-refractivity contribution in [3.63, 3.8) is 0 Å². The summed E-state index contributed by atoms with van der Waals surface area (Å²) in [6.07, 6.45) is 11.9. The fourth-order valence-corrected chi connectivity index (χ4v) is 5.02. The van der Waals surface area contributed by atoms with E-state index >= 15 is 0 Å². The maximum Gasteiger partial charge on any atom is 0.0716 e. The molecule has 23 heavy (non-hydrogen) atoms. The smallest absolute Gasteiger partial charge is 0.0716 e. The van der Waals surface area contributed by atoms with E-state index in [4.69, 9.17) is 4.74 Å². The summed E-state index contributed by atoms with van der Waals surface area (Å²) in [7, 11) is 0. The molecular formula is C21H29NO. The third-order valence-corrected chi connectivity index (χ3v) is 6.14. The van der Waals surface area contributed by atoms with Gasteiger partial charge in [0.05, 0.1) is 6.61 Å². The van der Waals surface area contributed by atoms with Crippen molar-refractivity contribution in [2.75, 3.05) is 19.7 Å². The van der Waals surface area contributed by atoms with Gasteiger partial charge in [0.2, 0.25) is 0 Å². The molecule has 4 atom stereocenters. The molecule has 2 nitrogen and oxygen atoms in total. The van der Waals surface area contributed by atoms with Crippen LogP contribution >= 0.6 is 0 Å². The minimum absolute atomic E-state index is 0.732. The van der Waals surface area contributed by atoms with E-state index in [0.717, 1.165) is 37.0 Å². The lowest BCUT2D eigenvalue weighted by molar-refractivity contribution is 0.0930. The molecule has 1 aromatic carbocycles. The molecule has 1 aliphatic carbocycles. The van der Waals surface area contributed by atoms with Gasteiger partial charge in [-0.05, 0) is 62.1 Å². The van der Waals surface area contributed by atoms with E-state index in [2.05, 4.69) is 47.4 Å². The van der Waals surface area contributed by atoms with Crippen LogP contribution < -0.4 is 0 Å². The van der Waals surface area contributed by atoms with Crippen molar-refractivity contribution in [2.24, 2.45) is 17.8 Å². The van der Waals surface area contributed by atoms with Crippen LogP contribution in [0.4, 0.5) is 0 Å². The molecule has 4 rings (SSSR count). The minimum atomic E-state index is 0.732. The highest BCUT2D eigenvalue weighted by atomic mass is 16.5. The zero-order valence-electron chi connectivity index (χ0n) is 14.1. The monoisotopic (exact) mass is 311 g/mol. The van der Waals surface area contributed by atoms with E-state index in [-0.39, 0.29) is 0 Å². The predicted molar refractivity (Wildman–Crippen MR) is 94.2 cm³/mol. The molecule has 2 fully saturated rings. The molecule has 2 saturated heterocycles. The van der Waals surface area contributed by atoms with E-state index < -0.39 is 0 Å². The van der Waals surface area contributed by atoms with Gasteiger partial charge < -0.3 is 4.74 Å². The fourth-order valence-electron chi connectivity index (χ4n) is 5.02. The highest BCUT2D eigenvalue weighted by Gasteiger charge is 2.44. The molecule has 2 heteroatoms. The number of hydrogen-bond acceptors (Lipinski definition) is 2. The standard InChI is InChI=1S/C21H29NO/c1-2-6-17(7-3-1)16-23-15-12-18-9-10-19-8-4-5-13-22-14-11-20(18)21(19)22/h1-3,6-7,9-10,18-21H,4-5,8,11-16H2/t18-,19-,20-,21?/m1/s1. The molecule has 1 aromatic rings. The molecule has 0 spiro atoms. The van der Waals surface area contributed by atoms with Crippen LogP contribution in [-0.4, -0.2) is 30.6 Å². The van der Waals surface area contributed by atoms with Crippen LogP contribution in [0.25, 0.3) is 0 Å². The molecule has 0 aromatic heterocycles. The number of ether oxygens (including phenoxy) is 1. The molecule has 2 heterocycles.